The average molecular weight is 214 g/mol. The Balaban J connectivity index is 2.51. The van der Waals surface area contributed by atoms with Crippen LogP contribution in [0.15, 0.2) is 11.4 Å². The summed E-state index contributed by atoms with van der Waals surface area (Å²) in [5.74, 6) is 0.811. The Morgan fingerprint density at radius 2 is 2.29 bits per heavy atom. The van der Waals surface area contributed by atoms with E-state index in [1.54, 1.807) is 14.2 Å². The number of ether oxygens (including phenoxy) is 2. The molecule has 0 bridgehead atoms. The van der Waals surface area contributed by atoms with E-state index in [-0.39, 0.29) is 5.78 Å². The number of methoxy groups -OCH3 is 2. The zero-order valence-electron chi connectivity index (χ0n) is 8.41. The highest BCUT2D eigenvalue weighted by Gasteiger charge is 2.12. The fourth-order valence-electron chi connectivity index (χ4n) is 1.15. The minimum atomic E-state index is 0.133. The van der Waals surface area contributed by atoms with E-state index in [0.29, 0.717) is 23.7 Å². The summed E-state index contributed by atoms with van der Waals surface area (Å²) in [5, 5.41) is 1.86. The Bertz CT molecular complexity index is 293. The van der Waals surface area contributed by atoms with E-state index in [2.05, 4.69) is 0 Å². The predicted octanol–water partition coefficient (Wildman–Crippen LogP) is 2.37. The van der Waals surface area contributed by atoms with Crippen molar-refractivity contribution >= 4 is 17.1 Å². The van der Waals surface area contributed by atoms with Crippen LogP contribution in [0.3, 0.4) is 0 Å². The summed E-state index contributed by atoms with van der Waals surface area (Å²) in [5.41, 5.74) is 0. The van der Waals surface area contributed by atoms with Crippen LogP contribution in [-0.2, 0) is 4.74 Å². The number of Topliss-reactive ketones (excluding diaryl/α,β-unsaturated/α-hetero) is 1. The molecule has 0 saturated carbocycles. The Morgan fingerprint density at radius 1 is 1.50 bits per heavy atom. The van der Waals surface area contributed by atoms with Crippen molar-refractivity contribution in [3.8, 4) is 5.75 Å². The van der Waals surface area contributed by atoms with Crippen LogP contribution in [0.4, 0.5) is 0 Å². The quantitative estimate of drug-likeness (QED) is 0.538. The van der Waals surface area contributed by atoms with E-state index < -0.39 is 0 Å². The lowest BCUT2D eigenvalue weighted by atomic mass is 10.2. The fraction of sp³-hybridized carbons (Fsp3) is 0.500. The van der Waals surface area contributed by atoms with Crippen molar-refractivity contribution in [2.24, 2.45) is 0 Å². The molecule has 0 aliphatic heterocycles. The van der Waals surface area contributed by atoms with Crippen molar-refractivity contribution in [3.05, 3.63) is 16.3 Å². The second kappa shape index (κ2) is 5.78. The highest BCUT2D eigenvalue weighted by atomic mass is 32.1. The van der Waals surface area contributed by atoms with E-state index >= 15 is 0 Å². The summed E-state index contributed by atoms with van der Waals surface area (Å²) >= 11 is 1.42. The number of rotatable bonds is 6. The maximum Gasteiger partial charge on any atom is 0.176 e. The van der Waals surface area contributed by atoms with Crippen LogP contribution in [0.5, 0.6) is 5.75 Å². The maximum atomic E-state index is 11.6. The molecule has 0 unspecified atom stereocenters. The fourth-order valence-corrected chi connectivity index (χ4v) is 1.98. The molecule has 0 fully saturated rings. The van der Waals surface area contributed by atoms with Crippen LogP contribution >= 0.6 is 11.3 Å². The Morgan fingerprint density at radius 3 is 2.93 bits per heavy atom. The lowest BCUT2D eigenvalue weighted by molar-refractivity contribution is 0.0964. The standard InChI is InChI=1S/C10H14O3S/c1-12-6-3-4-8(11)10-9(13-2)5-7-14-10/h5,7H,3-4,6H2,1-2H3. The average Bonchev–Trinajstić information content (AvgIpc) is 2.65. The molecule has 0 spiro atoms. The molecule has 0 N–H and O–H groups in total. The molecule has 0 atom stereocenters. The van der Waals surface area contributed by atoms with E-state index in [1.165, 1.54) is 11.3 Å². The van der Waals surface area contributed by atoms with E-state index in [9.17, 15) is 4.79 Å². The Kier molecular flexibility index (Phi) is 4.62. The molecule has 78 valence electrons. The summed E-state index contributed by atoms with van der Waals surface area (Å²) in [6.45, 7) is 0.624. The number of ketones is 1. The molecule has 0 radical (unpaired) electrons. The molecular formula is C10H14O3S. The molecule has 0 aliphatic rings. The second-order valence-electron chi connectivity index (χ2n) is 2.84. The van der Waals surface area contributed by atoms with Gasteiger partial charge in [0.25, 0.3) is 0 Å². The molecular weight excluding hydrogens is 200 g/mol. The van der Waals surface area contributed by atoms with E-state index in [4.69, 9.17) is 9.47 Å². The van der Waals surface area contributed by atoms with Gasteiger partial charge in [0.05, 0.1) is 7.11 Å². The maximum absolute atomic E-state index is 11.6. The Hall–Kier alpha value is -0.870. The van der Waals surface area contributed by atoms with Gasteiger partial charge >= 0.3 is 0 Å². The first-order valence-electron chi connectivity index (χ1n) is 4.43. The van der Waals surface area contributed by atoms with Gasteiger partial charge in [-0.3, -0.25) is 4.79 Å². The second-order valence-corrected chi connectivity index (χ2v) is 3.75. The number of hydrogen-bond donors (Lipinski definition) is 0. The van der Waals surface area contributed by atoms with Crippen LogP contribution in [0.25, 0.3) is 0 Å². The van der Waals surface area contributed by atoms with Gasteiger partial charge in [-0.2, -0.15) is 0 Å². The minimum absolute atomic E-state index is 0.133. The number of hydrogen-bond acceptors (Lipinski definition) is 4. The third kappa shape index (κ3) is 2.82. The van der Waals surface area contributed by atoms with Crippen LogP contribution in [-0.4, -0.2) is 26.6 Å². The molecule has 14 heavy (non-hydrogen) atoms. The van der Waals surface area contributed by atoms with Crippen molar-refractivity contribution in [1.82, 2.24) is 0 Å². The molecule has 0 aliphatic carbocycles. The third-order valence-corrected chi connectivity index (χ3v) is 2.79. The molecule has 0 saturated heterocycles. The van der Waals surface area contributed by atoms with Crippen molar-refractivity contribution in [1.29, 1.82) is 0 Å². The smallest absolute Gasteiger partial charge is 0.176 e. The highest BCUT2D eigenvalue weighted by molar-refractivity contribution is 7.12. The van der Waals surface area contributed by atoms with Gasteiger partial charge in [0.2, 0.25) is 0 Å². The summed E-state index contributed by atoms with van der Waals surface area (Å²) in [6, 6.07) is 1.81. The third-order valence-electron chi connectivity index (χ3n) is 1.85. The van der Waals surface area contributed by atoms with Gasteiger partial charge in [-0.1, -0.05) is 0 Å². The number of thiophene rings is 1. The van der Waals surface area contributed by atoms with Crippen LogP contribution in [0.2, 0.25) is 0 Å². The lowest BCUT2D eigenvalue weighted by Gasteiger charge is -2.01. The summed E-state index contributed by atoms with van der Waals surface area (Å²) < 4.78 is 9.96. The largest absolute Gasteiger partial charge is 0.495 e. The van der Waals surface area contributed by atoms with Crippen LogP contribution < -0.4 is 4.74 Å². The highest BCUT2D eigenvalue weighted by Crippen LogP contribution is 2.25. The van der Waals surface area contributed by atoms with Crippen molar-refractivity contribution in [3.63, 3.8) is 0 Å². The molecule has 0 amide bonds. The number of carbonyl (C=O) groups excluding carboxylic acids is 1. The summed E-state index contributed by atoms with van der Waals surface area (Å²) in [6.07, 6.45) is 1.28. The molecule has 1 heterocycles. The topological polar surface area (TPSA) is 35.5 Å². The van der Waals surface area contributed by atoms with Crippen molar-refractivity contribution in [2.75, 3.05) is 20.8 Å². The normalized spacial score (nSPS) is 10.1. The van der Waals surface area contributed by atoms with Crippen LogP contribution in [0, 0.1) is 0 Å². The predicted molar refractivity (Wildman–Crippen MR) is 56.3 cm³/mol. The number of carbonyl (C=O) groups is 1. The molecule has 1 aromatic heterocycles. The molecule has 1 rings (SSSR count). The SMILES string of the molecule is COCCCC(=O)c1sccc1OC. The lowest BCUT2D eigenvalue weighted by Crippen LogP contribution is -2.00. The molecule has 3 nitrogen and oxygen atoms in total. The Labute approximate surface area is 87.7 Å². The van der Waals surface area contributed by atoms with Gasteiger partial charge < -0.3 is 9.47 Å². The van der Waals surface area contributed by atoms with Crippen molar-refractivity contribution in [2.45, 2.75) is 12.8 Å². The van der Waals surface area contributed by atoms with Gasteiger partial charge in [0.1, 0.15) is 10.6 Å². The molecule has 0 aromatic carbocycles. The van der Waals surface area contributed by atoms with E-state index in [1.807, 2.05) is 11.4 Å². The van der Waals surface area contributed by atoms with Gasteiger partial charge in [-0.15, -0.1) is 11.3 Å². The van der Waals surface area contributed by atoms with E-state index in [0.717, 1.165) is 6.42 Å². The monoisotopic (exact) mass is 214 g/mol. The van der Waals surface area contributed by atoms with Gasteiger partial charge in [0, 0.05) is 20.1 Å². The van der Waals surface area contributed by atoms with Gasteiger partial charge in [-0.05, 0) is 17.9 Å². The first-order valence-corrected chi connectivity index (χ1v) is 5.31. The van der Waals surface area contributed by atoms with Gasteiger partial charge in [-0.25, -0.2) is 0 Å². The van der Waals surface area contributed by atoms with Crippen LogP contribution in [0.1, 0.15) is 22.5 Å². The first kappa shape index (κ1) is 11.2. The molecule has 4 heteroatoms. The zero-order valence-corrected chi connectivity index (χ0v) is 9.23. The first-order chi connectivity index (χ1) is 6.79. The molecule has 1 aromatic rings. The van der Waals surface area contributed by atoms with Gasteiger partial charge in [0.15, 0.2) is 5.78 Å². The summed E-state index contributed by atoms with van der Waals surface area (Å²) in [4.78, 5) is 12.3. The van der Waals surface area contributed by atoms with Crippen molar-refractivity contribution < 1.29 is 14.3 Å². The minimum Gasteiger partial charge on any atom is -0.495 e. The zero-order chi connectivity index (χ0) is 10.4. The summed E-state index contributed by atoms with van der Waals surface area (Å²) in [7, 11) is 3.21.